The fraction of sp³-hybridized carbons (Fsp3) is 0. The zero-order valence-corrected chi connectivity index (χ0v) is 7.53. The highest BCUT2D eigenvalue weighted by Gasteiger charge is 2.06. The first-order chi connectivity index (χ1) is 6.70. The van der Waals surface area contributed by atoms with Crippen LogP contribution in [0, 0.1) is 5.41 Å². The summed E-state index contributed by atoms with van der Waals surface area (Å²) in [6.45, 7) is 0. The number of hydrogen-bond acceptors (Lipinski definition) is 5. The van der Waals surface area contributed by atoms with Crippen LogP contribution >= 0.6 is 0 Å². The number of nitrogens with two attached hydrogens (primary N) is 3. The number of rotatable bonds is 3. The molecule has 0 saturated heterocycles. The molecule has 74 valence electrons. The lowest BCUT2D eigenvalue weighted by Crippen LogP contribution is -2.12. The molecule has 0 aliphatic heterocycles. The van der Waals surface area contributed by atoms with E-state index in [9.17, 15) is 0 Å². The second-order valence-electron chi connectivity index (χ2n) is 2.61. The first kappa shape index (κ1) is 9.91. The highest BCUT2D eigenvalue weighted by Crippen LogP contribution is 2.14. The van der Waals surface area contributed by atoms with Gasteiger partial charge in [-0.1, -0.05) is 0 Å². The predicted molar refractivity (Wildman–Crippen MR) is 55.1 cm³/mol. The Kier molecular flexibility index (Phi) is 2.96. The largest absolute Gasteiger partial charge is 0.472 e. The molecule has 0 amide bonds. The van der Waals surface area contributed by atoms with Crippen LogP contribution in [0.1, 0.15) is 5.56 Å². The first-order valence-corrected chi connectivity index (χ1v) is 3.91. The third kappa shape index (κ3) is 1.77. The Balaban J connectivity index is 3.11. The average molecular weight is 192 g/mol. The lowest BCUT2D eigenvalue weighted by atomic mass is 10.1. The quantitative estimate of drug-likeness (QED) is 0.408. The topological polar surface area (TPSA) is 115 Å². The van der Waals surface area contributed by atoms with Crippen LogP contribution in [0.2, 0.25) is 0 Å². The lowest BCUT2D eigenvalue weighted by molar-refractivity contribution is 0.566. The van der Waals surface area contributed by atoms with Crippen LogP contribution < -0.4 is 17.2 Å². The van der Waals surface area contributed by atoms with Gasteiger partial charge >= 0.3 is 0 Å². The Morgan fingerprint density at radius 3 is 2.57 bits per heavy atom. The Morgan fingerprint density at radius 2 is 2.14 bits per heavy atom. The molecular weight excluding hydrogens is 180 g/mol. The van der Waals surface area contributed by atoms with E-state index in [4.69, 9.17) is 27.0 Å². The summed E-state index contributed by atoms with van der Waals surface area (Å²) in [7, 11) is 0. The Bertz CT molecular complexity index is 376. The molecule has 0 radical (unpaired) electrons. The summed E-state index contributed by atoms with van der Waals surface area (Å²) in [5, 5.41) is 7.04. The molecule has 0 saturated carbocycles. The van der Waals surface area contributed by atoms with Gasteiger partial charge in [-0.2, -0.15) is 0 Å². The Morgan fingerprint density at radius 1 is 1.43 bits per heavy atom. The molecule has 1 heterocycles. The van der Waals surface area contributed by atoms with E-state index in [0.717, 1.165) is 6.21 Å². The van der Waals surface area contributed by atoms with Gasteiger partial charge < -0.3 is 27.0 Å². The van der Waals surface area contributed by atoms with Crippen molar-refractivity contribution < 1.29 is 4.42 Å². The standard InChI is InChI=1S/C9H12N4O/c10-3-7(4-11)9(13)8(12)6-1-2-14-5-6/h1-5,10H,11-13H2/b7-4-,9-8+,10-3?. The molecule has 7 N–H and O–H groups in total. The molecule has 0 aliphatic carbocycles. The van der Waals surface area contributed by atoms with E-state index in [2.05, 4.69) is 0 Å². The van der Waals surface area contributed by atoms with Gasteiger partial charge in [-0.05, 0) is 6.07 Å². The number of hydrogen-bond donors (Lipinski definition) is 4. The minimum absolute atomic E-state index is 0.268. The summed E-state index contributed by atoms with van der Waals surface area (Å²) in [6.07, 6.45) is 5.24. The third-order valence-corrected chi connectivity index (χ3v) is 1.77. The van der Waals surface area contributed by atoms with Crippen LogP contribution in [-0.4, -0.2) is 6.21 Å². The summed E-state index contributed by atoms with van der Waals surface area (Å²) in [5.41, 5.74) is 18.3. The SMILES string of the molecule is N=CC(=C/N)/C(N)=C(\N)c1ccoc1. The van der Waals surface area contributed by atoms with Crippen molar-refractivity contribution in [1.29, 1.82) is 5.41 Å². The monoisotopic (exact) mass is 192 g/mol. The summed E-state index contributed by atoms with van der Waals surface area (Å²) in [5.74, 6) is 0. The summed E-state index contributed by atoms with van der Waals surface area (Å²) >= 11 is 0. The van der Waals surface area contributed by atoms with Crippen LogP contribution in [0.3, 0.4) is 0 Å². The second-order valence-corrected chi connectivity index (χ2v) is 2.61. The zero-order chi connectivity index (χ0) is 10.6. The fourth-order valence-corrected chi connectivity index (χ4v) is 0.944. The Hall–Kier alpha value is -2.17. The predicted octanol–water partition coefficient (Wildman–Crippen LogP) is 0.358. The molecule has 0 aromatic carbocycles. The van der Waals surface area contributed by atoms with E-state index in [0.29, 0.717) is 16.8 Å². The average Bonchev–Trinajstić information content (AvgIpc) is 2.71. The summed E-state index contributed by atoms with van der Waals surface area (Å²) < 4.78 is 4.86. The lowest BCUT2D eigenvalue weighted by Gasteiger charge is -2.04. The van der Waals surface area contributed by atoms with Gasteiger partial charge in [-0.15, -0.1) is 0 Å². The first-order valence-electron chi connectivity index (χ1n) is 3.91. The molecule has 5 nitrogen and oxygen atoms in total. The number of furan rings is 1. The van der Waals surface area contributed by atoms with E-state index in [-0.39, 0.29) is 5.70 Å². The molecule has 0 atom stereocenters. The van der Waals surface area contributed by atoms with Gasteiger partial charge in [0.15, 0.2) is 0 Å². The van der Waals surface area contributed by atoms with Gasteiger partial charge in [0, 0.05) is 23.6 Å². The number of nitrogens with one attached hydrogen (secondary N) is 1. The van der Waals surface area contributed by atoms with Crippen molar-refractivity contribution >= 4 is 11.9 Å². The van der Waals surface area contributed by atoms with Crippen LogP contribution in [0.15, 0.2) is 40.5 Å². The Labute approximate surface area is 81.4 Å². The van der Waals surface area contributed by atoms with Crippen LogP contribution in [0.25, 0.3) is 5.70 Å². The van der Waals surface area contributed by atoms with Crippen molar-refractivity contribution in [3.8, 4) is 0 Å². The van der Waals surface area contributed by atoms with Crippen molar-refractivity contribution in [3.05, 3.63) is 41.6 Å². The van der Waals surface area contributed by atoms with Crippen LogP contribution in [0.4, 0.5) is 0 Å². The molecule has 0 spiro atoms. The van der Waals surface area contributed by atoms with E-state index in [1.54, 1.807) is 6.07 Å². The summed E-state index contributed by atoms with van der Waals surface area (Å²) in [4.78, 5) is 0. The normalized spacial score (nSPS) is 13.6. The van der Waals surface area contributed by atoms with Gasteiger partial charge in [0.1, 0.15) is 0 Å². The van der Waals surface area contributed by atoms with E-state index < -0.39 is 0 Å². The maximum atomic E-state index is 7.04. The molecule has 1 rings (SSSR count). The number of allylic oxidation sites excluding steroid dienone is 1. The van der Waals surface area contributed by atoms with Gasteiger partial charge in [0.25, 0.3) is 0 Å². The van der Waals surface area contributed by atoms with Gasteiger partial charge in [-0.3, -0.25) is 0 Å². The highest BCUT2D eigenvalue weighted by atomic mass is 16.3. The van der Waals surface area contributed by atoms with Crippen molar-refractivity contribution in [2.24, 2.45) is 17.2 Å². The summed E-state index contributed by atoms with van der Waals surface area (Å²) in [6, 6.07) is 1.68. The molecule has 0 fully saturated rings. The van der Waals surface area contributed by atoms with Crippen molar-refractivity contribution in [2.45, 2.75) is 0 Å². The minimum Gasteiger partial charge on any atom is -0.472 e. The molecule has 0 aliphatic rings. The highest BCUT2D eigenvalue weighted by molar-refractivity contribution is 5.86. The molecule has 14 heavy (non-hydrogen) atoms. The van der Waals surface area contributed by atoms with Gasteiger partial charge in [-0.25, -0.2) is 0 Å². The molecule has 0 bridgehead atoms. The van der Waals surface area contributed by atoms with E-state index >= 15 is 0 Å². The second kappa shape index (κ2) is 4.18. The van der Waals surface area contributed by atoms with Gasteiger partial charge in [0.05, 0.1) is 23.9 Å². The van der Waals surface area contributed by atoms with Crippen LogP contribution in [-0.2, 0) is 0 Å². The fourth-order valence-electron chi connectivity index (χ4n) is 0.944. The van der Waals surface area contributed by atoms with Gasteiger partial charge in [0.2, 0.25) is 0 Å². The molecule has 0 unspecified atom stereocenters. The maximum Gasteiger partial charge on any atom is 0.0996 e. The molecule has 1 aromatic rings. The molecule has 5 heteroatoms. The third-order valence-electron chi connectivity index (χ3n) is 1.77. The van der Waals surface area contributed by atoms with Crippen molar-refractivity contribution in [2.75, 3.05) is 0 Å². The smallest absolute Gasteiger partial charge is 0.0996 e. The maximum absolute atomic E-state index is 7.04. The van der Waals surface area contributed by atoms with Crippen LogP contribution in [0.5, 0.6) is 0 Å². The van der Waals surface area contributed by atoms with Crippen molar-refractivity contribution in [3.63, 3.8) is 0 Å². The van der Waals surface area contributed by atoms with E-state index in [1.165, 1.54) is 18.7 Å². The molecule has 1 aromatic heterocycles. The minimum atomic E-state index is 0.268. The zero-order valence-electron chi connectivity index (χ0n) is 7.53. The molecular formula is C9H12N4O. The van der Waals surface area contributed by atoms with Crippen molar-refractivity contribution in [1.82, 2.24) is 0 Å². The van der Waals surface area contributed by atoms with E-state index in [1.807, 2.05) is 0 Å².